The fraction of sp³-hybridized carbons (Fsp3) is 0.355. The van der Waals surface area contributed by atoms with Crippen LogP contribution < -0.4 is 4.90 Å². The topological polar surface area (TPSA) is 84.0 Å². The number of rotatable bonds is 8. The van der Waals surface area contributed by atoms with Crippen molar-refractivity contribution in [2.45, 2.75) is 42.9 Å². The molecule has 0 N–H and O–H groups in total. The molecule has 8 heteroatoms. The Morgan fingerprint density at radius 3 is 2.15 bits per heavy atom. The van der Waals surface area contributed by atoms with Crippen molar-refractivity contribution in [2.24, 2.45) is 0 Å². The van der Waals surface area contributed by atoms with Crippen molar-refractivity contribution in [3.05, 3.63) is 95.6 Å². The monoisotopic (exact) mass is 546 g/mol. The molecule has 1 saturated heterocycles. The van der Waals surface area contributed by atoms with Crippen LogP contribution in [0.1, 0.15) is 64.3 Å². The van der Waals surface area contributed by atoms with Crippen molar-refractivity contribution in [3.63, 3.8) is 0 Å². The van der Waals surface area contributed by atoms with Crippen molar-refractivity contribution < 1.29 is 22.7 Å². The van der Waals surface area contributed by atoms with Crippen LogP contribution in [-0.4, -0.2) is 57.3 Å². The zero-order chi connectivity index (χ0) is 27.2. The molecule has 1 aliphatic carbocycles. The summed E-state index contributed by atoms with van der Waals surface area (Å²) >= 11 is 0. The van der Waals surface area contributed by atoms with E-state index in [0.29, 0.717) is 37.7 Å². The lowest BCUT2D eigenvalue weighted by atomic mass is 9.84. The number of Topliss-reactive ketones (excluding diaryl/α,β-unsaturated/α-hetero) is 1. The summed E-state index contributed by atoms with van der Waals surface area (Å²) in [5.41, 5.74) is 2.91. The molecule has 204 valence electrons. The van der Waals surface area contributed by atoms with E-state index in [-0.39, 0.29) is 16.2 Å². The van der Waals surface area contributed by atoms with Crippen LogP contribution in [-0.2, 0) is 14.8 Å². The van der Waals surface area contributed by atoms with Crippen LogP contribution in [0.15, 0.2) is 83.8 Å². The molecule has 3 aromatic rings. The molecular weight excluding hydrogens is 512 g/mol. The molecule has 0 spiro atoms. The van der Waals surface area contributed by atoms with E-state index in [0.717, 1.165) is 5.69 Å². The van der Waals surface area contributed by atoms with E-state index in [2.05, 4.69) is 4.90 Å². The summed E-state index contributed by atoms with van der Waals surface area (Å²) in [6, 6.07) is 23.3. The summed E-state index contributed by atoms with van der Waals surface area (Å²) in [6.45, 7) is 1.45. The van der Waals surface area contributed by atoms with Gasteiger partial charge in [-0.25, -0.2) is 13.2 Å². The zero-order valence-electron chi connectivity index (χ0n) is 22.0. The molecule has 0 radical (unpaired) electrons. The van der Waals surface area contributed by atoms with Crippen LogP contribution in [0.25, 0.3) is 0 Å². The van der Waals surface area contributed by atoms with Gasteiger partial charge in [0.1, 0.15) is 0 Å². The predicted octanol–water partition coefficient (Wildman–Crippen LogP) is 5.28. The molecule has 0 aromatic heterocycles. The van der Waals surface area contributed by atoms with Crippen molar-refractivity contribution in [1.29, 1.82) is 0 Å². The van der Waals surface area contributed by atoms with E-state index in [1.165, 1.54) is 66.2 Å². The van der Waals surface area contributed by atoms with Gasteiger partial charge in [-0.05, 0) is 54.7 Å². The first-order valence-electron chi connectivity index (χ1n) is 13.6. The van der Waals surface area contributed by atoms with Gasteiger partial charge in [0.15, 0.2) is 12.4 Å². The standard InChI is InChI=1S/C31H34N2O5S/c34-30(26-16-14-25(15-17-26)24-8-3-1-4-9-24)23-38-31(35)27-10-7-13-29(22-27)39(36,37)33-20-18-32(19-21-33)28-11-5-2-6-12-28/h2,5-7,10-17,22,24H,1,3-4,8-9,18-21,23H2. The van der Waals surface area contributed by atoms with E-state index in [4.69, 9.17) is 4.74 Å². The first kappa shape index (κ1) is 27.1. The second-order valence-electron chi connectivity index (χ2n) is 10.2. The number of nitrogens with zero attached hydrogens (tertiary/aromatic N) is 2. The fourth-order valence-electron chi connectivity index (χ4n) is 5.43. The maximum absolute atomic E-state index is 13.3. The Hall–Kier alpha value is -3.49. The predicted molar refractivity (Wildman–Crippen MR) is 151 cm³/mol. The van der Waals surface area contributed by atoms with E-state index in [1.54, 1.807) is 12.1 Å². The van der Waals surface area contributed by atoms with Crippen LogP contribution in [0.2, 0.25) is 0 Å². The lowest BCUT2D eigenvalue weighted by Gasteiger charge is -2.35. The number of sulfonamides is 1. The van der Waals surface area contributed by atoms with Gasteiger partial charge < -0.3 is 9.64 Å². The fourth-order valence-corrected chi connectivity index (χ4v) is 6.90. The number of esters is 1. The van der Waals surface area contributed by atoms with Crippen LogP contribution >= 0.6 is 0 Å². The molecule has 1 aliphatic heterocycles. The Balaban J connectivity index is 1.17. The molecule has 2 fully saturated rings. The number of hydrogen-bond donors (Lipinski definition) is 0. The summed E-state index contributed by atoms with van der Waals surface area (Å²) in [7, 11) is -3.78. The summed E-state index contributed by atoms with van der Waals surface area (Å²) in [6.07, 6.45) is 6.15. The van der Waals surface area contributed by atoms with Crippen LogP contribution in [0.5, 0.6) is 0 Å². The van der Waals surface area contributed by atoms with E-state index >= 15 is 0 Å². The quantitative estimate of drug-likeness (QED) is 0.282. The van der Waals surface area contributed by atoms with Gasteiger partial charge in [0, 0.05) is 37.4 Å². The maximum atomic E-state index is 13.3. The number of hydrogen-bond acceptors (Lipinski definition) is 6. The second kappa shape index (κ2) is 12.1. The van der Waals surface area contributed by atoms with Gasteiger partial charge in [0.25, 0.3) is 0 Å². The van der Waals surface area contributed by atoms with Crippen LogP contribution in [0.4, 0.5) is 5.69 Å². The molecule has 0 bridgehead atoms. The van der Waals surface area contributed by atoms with Crippen LogP contribution in [0.3, 0.4) is 0 Å². The molecule has 2 aliphatic rings. The van der Waals surface area contributed by atoms with Gasteiger partial charge in [0.05, 0.1) is 10.5 Å². The van der Waals surface area contributed by atoms with Gasteiger partial charge in [-0.1, -0.05) is 67.8 Å². The molecule has 0 amide bonds. The number of carbonyl (C=O) groups excluding carboxylic acids is 2. The van der Waals surface area contributed by atoms with Crippen molar-refractivity contribution >= 4 is 27.5 Å². The smallest absolute Gasteiger partial charge is 0.338 e. The average Bonchev–Trinajstić information content (AvgIpc) is 3.01. The molecular formula is C31H34N2O5S. The van der Waals surface area contributed by atoms with Crippen molar-refractivity contribution in [1.82, 2.24) is 4.31 Å². The number of para-hydroxylation sites is 1. The third kappa shape index (κ3) is 6.40. The Morgan fingerprint density at radius 2 is 1.46 bits per heavy atom. The molecule has 7 nitrogen and oxygen atoms in total. The van der Waals surface area contributed by atoms with E-state index in [1.807, 2.05) is 42.5 Å². The van der Waals surface area contributed by atoms with Gasteiger partial charge >= 0.3 is 5.97 Å². The number of carbonyl (C=O) groups is 2. The van der Waals surface area contributed by atoms with E-state index < -0.39 is 22.6 Å². The number of piperazine rings is 1. The van der Waals surface area contributed by atoms with Gasteiger partial charge in [0.2, 0.25) is 10.0 Å². The lowest BCUT2D eigenvalue weighted by Crippen LogP contribution is -2.48. The molecule has 0 atom stereocenters. The molecule has 39 heavy (non-hydrogen) atoms. The van der Waals surface area contributed by atoms with Crippen molar-refractivity contribution in [2.75, 3.05) is 37.7 Å². The Bertz CT molecular complexity index is 1390. The normalized spacial score (nSPS) is 17.1. The summed E-state index contributed by atoms with van der Waals surface area (Å²) in [5, 5.41) is 0. The SMILES string of the molecule is O=C(COC(=O)c1cccc(S(=O)(=O)N2CCN(c3ccccc3)CC2)c1)c1ccc(C2CCCCC2)cc1. The summed E-state index contributed by atoms with van der Waals surface area (Å²) in [5.74, 6) is -0.469. The van der Waals surface area contributed by atoms with E-state index in [9.17, 15) is 18.0 Å². The molecule has 5 rings (SSSR count). The lowest BCUT2D eigenvalue weighted by molar-refractivity contribution is 0.0474. The highest BCUT2D eigenvalue weighted by Gasteiger charge is 2.29. The Labute approximate surface area is 230 Å². The minimum atomic E-state index is -3.78. The third-order valence-corrected chi connectivity index (χ3v) is 9.61. The summed E-state index contributed by atoms with van der Waals surface area (Å²) in [4.78, 5) is 27.5. The van der Waals surface area contributed by atoms with Crippen LogP contribution in [0, 0.1) is 0 Å². The number of ketones is 1. The number of anilines is 1. The average molecular weight is 547 g/mol. The highest BCUT2D eigenvalue weighted by Crippen LogP contribution is 2.32. The Morgan fingerprint density at radius 1 is 0.769 bits per heavy atom. The molecule has 1 heterocycles. The zero-order valence-corrected chi connectivity index (χ0v) is 22.8. The number of ether oxygens (including phenoxy) is 1. The molecule has 0 unspecified atom stereocenters. The molecule has 3 aromatic carbocycles. The minimum absolute atomic E-state index is 0.0368. The first-order chi connectivity index (χ1) is 18.9. The van der Waals surface area contributed by atoms with Crippen molar-refractivity contribution in [3.8, 4) is 0 Å². The summed E-state index contributed by atoms with van der Waals surface area (Å²) < 4.78 is 33.3. The van der Waals surface area contributed by atoms with Gasteiger partial charge in [-0.3, -0.25) is 4.79 Å². The Kier molecular flexibility index (Phi) is 8.43. The maximum Gasteiger partial charge on any atom is 0.338 e. The number of benzene rings is 3. The highest BCUT2D eigenvalue weighted by molar-refractivity contribution is 7.89. The first-order valence-corrected chi connectivity index (χ1v) is 15.1. The largest absolute Gasteiger partial charge is 0.454 e. The minimum Gasteiger partial charge on any atom is -0.454 e. The molecule has 1 saturated carbocycles. The second-order valence-corrected chi connectivity index (χ2v) is 12.1. The van der Waals surface area contributed by atoms with Gasteiger partial charge in [-0.2, -0.15) is 4.31 Å². The van der Waals surface area contributed by atoms with Gasteiger partial charge in [-0.15, -0.1) is 0 Å². The highest BCUT2D eigenvalue weighted by atomic mass is 32.2. The third-order valence-electron chi connectivity index (χ3n) is 7.71.